The van der Waals surface area contributed by atoms with Crippen LogP contribution >= 0.6 is 0 Å². The maximum Gasteiger partial charge on any atom is 0.416 e. The first-order valence-electron chi connectivity index (χ1n) is 5.86. The highest BCUT2D eigenvalue weighted by Crippen LogP contribution is 2.29. The molecule has 0 saturated carbocycles. The molecule has 0 spiro atoms. The van der Waals surface area contributed by atoms with E-state index in [0.717, 1.165) is 12.1 Å². The second-order valence-electron chi connectivity index (χ2n) is 4.42. The van der Waals surface area contributed by atoms with Gasteiger partial charge in [-0.3, -0.25) is 9.59 Å². The number of halogens is 3. The molecule has 2 N–H and O–H groups in total. The number of benzene rings is 1. The van der Waals surface area contributed by atoms with Crippen molar-refractivity contribution in [3.8, 4) is 0 Å². The third kappa shape index (κ3) is 4.91. The van der Waals surface area contributed by atoms with Crippen molar-refractivity contribution in [3.63, 3.8) is 0 Å². The van der Waals surface area contributed by atoms with Gasteiger partial charge in [-0.25, -0.2) is 0 Å². The summed E-state index contributed by atoms with van der Waals surface area (Å²) in [5, 5.41) is 11.0. The topological polar surface area (TPSA) is 66.4 Å². The number of carbonyl (C=O) groups excluding carboxylic acids is 1. The highest BCUT2D eigenvalue weighted by molar-refractivity contribution is 5.79. The van der Waals surface area contributed by atoms with E-state index in [1.54, 1.807) is 0 Å². The molecule has 0 bridgehead atoms. The van der Waals surface area contributed by atoms with Crippen LogP contribution in [-0.4, -0.2) is 23.5 Å². The lowest BCUT2D eigenvalue weighted by Gasteiger charge is -2.10. The van der Waals surface area contributed by atoms with E-state index in [2.05, 4.69) is 5.32 Å². The molecule has 1 amide bonds. The summed E-state index contributed by atoms with van der Waals surface area (Å²) in [7, 11) is 0. The number of carbonyl (C=O) groups is 2. The molecule has 0 aliphatic carbocycles. The number of alkyl halides is 3. The Balaban J connectivity index is 2.61. The summed E-state index contributed by atoms with van der Waals surface area (Å²) in [6, 6.07) is 4.47. The molecule has 0 heterocycles. The maximum absolute atomic E-state index is 12.5. The molecule has 0 saturated heterocycles. The molecular formula is C13H14F3NO3. The SMILES string of the molecule is CC(CNC(=O)Cc1cccc(C(F)(F)F)c1)C(=O)O. The molecular weight excluding hydrogens is 275 g/mol. The number of amides is 1. The van der Waals surface area contributed by atoms with Gasteiger partial charge in [0.1, 0.15) is 0 Å². The zero-order valence-electron chi connectivity index (χ0n) is 10.7. The summed E-state index contributed by atoms with van der Waals surface area (Å²) in [5.41, 5.74) is -0.595. The van der Waals surface area contributed by atoms with Crippen LogP contribution in [0.25, 0.3) is 0 Å². The Morgan fingerprint density at radius 3 is 2.55 bits per heavy atom. The molecule has 1 rings (SSSR count). The lowest BCUT2D eigenvalue weighted by atomic mass is 10.1. The normalized spacial score (nSPS) is 12.8. The minimum Gasteiger partial charge on any atom is -0.481 e. The average molecular weight is 289 g/mol. The molecule has 7 heteroatoms. The van der Waals surface area contributed by atoms with E-state index < -0.39 is 29.5 Å². The van der Waals surface area contributed by atoms with Gasteiger partial charge in [0.25, 0.3) is 0 Å². The molecule has 4 nitrogen and oxygen atoms in total. The van der Waals surface area contributed by atoms with Gasteiger partial charge in [-0.1, -0.05) is 25.1 Å². The van der Waals surface area contributed by atoms with Crippen molar-refractivity contribution in [2.75, 3.05) is 6.54 Å². The van der Waals surface area contributed by atoms with Crippen molar-refractivity contribution in [1.82, 2.24) is 5.32 Å². The molecule has 0 aliphatic rings. The van der Waals surface area contributed by atoms with Gasteiger partial charge in [0, 0.05) is 6.54 Å². The van der Waals surface area contributed by atoms with Crippen molar-refractivity contribution in [2.24, 2.45) is 5.92 Å². The second kappa shape index (κ2) is 6.40. The largest absolute Gasteiger partial charge is 0.481 e. The summed E-state index contributed by atoms with van der Waals surface area (Å²) < 4.78 is 37.4. The highest BCUT2D eigenvalue weighted by atomic mass is 19.4. The quantitative estimate of drug-likeness (QED) is 0.872. The molecule has 0 aliphatic heterocycles. The number of rotatable bonds is 5. The van der Waals surface area contributed by atoms with Gasteiger partial charge in [-0.15, -0.1) is 0 Å². The van der Waals surface area contributed by atoms with Crippen molar-refractivity contribution in [2.45, 2.75) is 19.5 Å². The van der Waals surface area contributed by atoms with Gasteiger partial charge in [-0.05, 0) is 11.6 Å². The first kappa shape index (κ1) is 16.0. The zero-order chi connectivity index (χ0) is 15.3. The summed E-state index contributed by atoms with van der Waals surface area (Å²) in [6.45, 7) is 1.36. The Bertz CT molecular complexity index is 500. The third-order valence-electron chi connectivity index (χ3n) is 2.65. The first-order valence-corrected chi connectivity index (χ1v) is 5.86. The minimum absolute atomic E-state index is 0.0624. The van der Waals surface area contributed by atoms with Crippen molar-refractivity contribution < 1.29 is 27.9 Å². The van der Waals surface area contributed by atoms with E-state index in [9.17, 15) is 22.8 Å². The lowest BCUT2D eigenvalue weighted by Crippen LogP contribution is -2.32. The standard InChI is InChI=1S/C13H14F3NO3/c1-8(12(19)20)7-17-11(18)6-9-3-2-4-10(5-9)13(14,15)16/h2-5,8H,6-7H2,1H3,(H,17,18)(H,19,20). The smallest absolute Gasteiger partial charge is 0.416 e. The van der Waals surface area contributed by atoms with E-state index in [4.69, 9.17) is 5.11 Å². The first-order chi connectivity index (χ1) is 9.20. The van der Waals surface area contributed by atoms with Crippen LogP contribution in [-0.2, 0) is 22.2 Å². The van der Waals surface area contributed by atoms with Crippen LogP contribution < -0.4 is 5.32 Å². The molecule has 0 radical (unpaired) electrons. The van der Waals surface area contributed by atoms with Gasteiger partial charge in [-0.2, -0.15) is 13.2 Å². The van der Waals surface area contributed by atoms with Crippen LogP contribution in [0.2, 0.25) is 0 Å². The number of carboxylic acid groups (broad SMARTS) is 1. The maximum atomic E-state index is 12.5. The molecule has 1 aromatic carbocycles. The van der Waals surface area contributed by atoms with E-state index in [-0.39, 0.29) is 18.5 Å². The number of hydrogen-bond donors (Lipinski definition) is 2. The fourth-order valence-electron chi connectivity index (χ4n) is 1.46. The molecule has 1 atom stereocenters. The summed E-state index contributed by atoms with van der Waals surface area (Å²) in [4.78, 5) is 22.1. The van der Waals surface area contributed by atoms with Gasteiger partial charge < -0.3 is 10.4 Å². The van der Waals surface area contributed by atoms with Gasteiger partial charge in [0.15, 0.2) is 0 Å². The van der Waals surface area contributed by atoms with Crippen molar-refractivity contribution >= 4 is 11.9 Å². The molecule has 20 heavy (non-hydrogen) atoms. The average Bonchev–Trinajstić information content (AvgIpc) is 2.35. The Kier molecular flexibility index (Phi) is 5.12. The summed E-state index contributed by atoms with van der Waals surface area (Å²) in [6.07, 6.45) is -4.68. The molecule has 1 unspecified atom stereocenters. The Labute approximate surface area is 113 Å². The predicted octanol–water partition coefficient (Wildman–Crippen LogP) is 2.08. The fraction of sp³-hybridized carbons (Fsp3) is 0.385. The summed E-state index contributed by atoms with van der Waals surface area (Å²) in [5.74, 6) is -2.32. The Morgan fingerprint density at radius 1 is 1.35 bits per heavy atom. The fourth-order valence-corrected chi connectivity index (χ4v) is 1.46. The molecule has 1 aromatic rings. The number of aliphatic carboxylic acids is 1. The number of nitrogens with one attached hydrogen (secondary N) is 1. The summed E-state index contributed by atoms with van der Waals surface area (Å²) >= 11 is 0. The predicted molar refractivity (Wildman–Crippen MR) is 65.0 cm³/mol. The van der Waals surface area contributed by atoms with Gasteiger partial charge in [0.2, 0.25) is 5.91 Å². The molecule has 0 fully saturated rings. The van der Waals surface area contributed by atoms with Crippen molar-refractivity contribution in [1.29, 1.82) is 0 Å². The highest BCUT2D eigenvalue weighted by Gasteiger charge is 2.30. The van der Waals surface area contributed by atoms with Crippen molar-refractivity contribution in [3.05, 3.63) is 35.4 Å². The van der Waals surface area contributed by atoms with E-state index in [1.165, 1.54) is 19.1 Å². The van der Waals surface area contributed by atoms with E-state index in [0.29, 0.717) is 0 Å². The van der Waals surface area contributed by atoms with Crippen LogP contribution in [0.5, 0.6) is 0 Å². The number of hydrogen-bond acceptors (Lipinski definition) is 2. The van der Waals surface area contributed by atoms with E-state index in [1.807, 2.05) is 0 Å². The second-order valence-corrected chi connectivity index (χ2v) is 4.42. The Morgan fingerprint density at radius 2 is 2.00 bits per heavy atom. The minimum atomic E-state index is -4.45. The zero-order valence-corrected chi connectivity index (χ0v) is 10.7. The van der Waals surface area contributed by atoms with Crippen LogP contribution in [0.3, 0.4) is 0 Å². The lowest BCUT2D eigenvalue weighted by molar-refractivity contribution is -0.141. The molecule has 0 aromatic heterocycles. The molecule has 110 valence electrons. The van der Waals surface area contributed by atoms with Crippen LogP contribution in [0.1, 0.15) is 18.1 Å². The van der Waals surface area contributed by atoms with Crippen LogP contribution in [0, 0.1) is 5.92 Å². The van der Waals surface area contributed by atoms with Gasteiger partial charge >= 0.3 is 12.1 Å². The van der Waals surface area contributed by atoms with Crippen LogP contribution in [0.15, 0.2) is 24.3 Å². The monoisotopic (exact) mass is 289 g/mol. The Hall–Kier alpha value is -2.05. The van der Waals surface area contributed by atoms with E-state index >= 15 is 0 Å². The number of carboxylic acids is 1. The van der Waals surface area contributed by atoms with Gasteiger partial charge in [0.05, 0.1) is 17.9 Å². The third-order valence-corrected chi connectivity index (χ3v) is 2.65. The van der Waals surface area contributed by atoms with Crippen LogP contribution in [0.4, 0.5) is 13.2 Å².